The van der Waals surface area contributed by atoms with Crippen molar-refractivity contribution in [1.82, 2.24) is 9.88 Å². The monoisotopic (exact) mass is 263 g/mol. The number of aromatic nitrogens is 1. The number of hydrogen-bond donors (Lipinski definition) is 0. The summed E-state index contributed by atoms with van der Waals surface area (Å²) in [4.78, 5) is 18.3. The lowest BCUT2D eigenvalue weighted by Crippen LogP contribution is -2.42. The van der Waals surface area contributed by atoms with Gasteiger partial charge in [-0.25, -0.2) is 4.98 Å². The van der Waals surface area contributed by atoms with E-state index in [-0.39, 0.29) is 5.91 Å². The molecule has 5 heteroatoms. The molecule has 1 aliphatic carbocycles. The number of nitrogens with zero attached hydrogens (tertiary/aromatic N) is 3. The summed E-state index contributed by atoms with van der Waals surface area (Å²) in [6, 6.07) is 2.27. The molecule has 2 rings (SSSR count). The predicted octanol–water partition coefficient (Wildman–Crippen LogP) is 2.58. The summed E-state index contributed by atoms with van der Waals surface area (Å²) >= 11 is 1.52. The third-order valence-corrected chi connectivity index (χ3v) is 4.20. The minimum Gasteiger partial charge on any atom is -0.338 e. The number of amides is 1. The molecule has 1 aromatic heterocycles. The van der Waals surface area contributed by atoms with Crippen molar-refractivity contribution in [1.29, 1.82) is 5.26 Å². The van der Waals surface area contributed by atoms with E-state index in [0.29, 0.717) is 19.4 Å². The fourth-order valence-electron chi connectivity index (χ4n) is 2.52. The van der Waals surface area contributed by atoms with E-state index in [2.05, 4.69) is 11.1 Å². The highest BCUT2D eigenvalue weighted by molar-refractivity contribution is 7.07. The lowest BCUT2D eigenvalue weighted by Gasteiger charge is -2.32. The quantitative estimate of drug-likeness (QED) is 0.842. The van der Waals surface area contributed by atoms with E-state index in [1.807, 2.05) is 5.38 Å². The van der Waals surface area contributed by atoms with Crippen LogP contribution in [0.25, 0.3) is 0 Å². The molecule has 18 heavy (non-hydrogen) atoms. The molecule has 0 aromatic carbocycles. The Morgan fingerprint density at radius 2 is 2.28 bits per heavy atom. The SMILES string of the molecule is CN(Cc1cscn1)C(=O)C1(C#N)CCCCC1. The van der Waals surface area contributed by atoms with Crippen LogP contribution in [0.4, 0.5) is 0 Å². The normalized spacial score (nSPS) is 18.0. The third-order valence-electron chi connectivity index (χ3n) is 3.56. The zero-order chi connectivity index (χ0) is 13.0. The van der Waals surface area contributed by atoms with Crippen LogP contribution in [0.2, 0.25) is 0 Å². The molecule has 0 aliphatic heterocycles. The summed E-state index contributed by atoms with van der Waals surface area (Å²) in [6.07, 6.45) is 4.48. The molecule has 0 bridgehead atoms. The van der Waals surface area contributed by atoms with Gasteiger partial charge >= 0.3 is 0 Å². The van der Waals surface area contributed by atoms with Gasteiger partial charge in [0.15, 0.2) is 0 Å². The summed E-state index contributed by atoms with van der Waals surface area (Å²) in [7, 11) is 1.76. The molecule has 1 saturated carbocycles. The van der Waals surface area contributed by atoms with Crippen LogP contribution in [-0.2, 0) is 11.3 Å². The van der Waals surface area contributed by atoms with Crippen LogP contribution in [0, 0.1) is 16.7 Å². The number of carbonyl (C=O) groups is 1. The standard InChI is InChI=1S/C13H17N3OS/c1-16(7-11-8-18-10-15-11)12(17)13(9-14)5-3-2-4-6-13/h8,10H,2-7H2,1H3. The summed E-state index contributed by atoms with van der Waals surface area (Å²) in [5.74, 6) is -0.0438. The molecule has 0 spiro atoms. The van der Waals surface area contributed by atoms with Gasteiger partial charge in [-0.1, -0.05) is 19.3 Å². The van der Waals surface area contributed by atoms with Gasteiger partial charge in [0.2, 0.25) is 5.91 Å². The van der Waals surface area contributed by atoms with Gasteiger partial charge < -0.3 is 4.90 Å². The molecule has 96 valence electrons. The molecule has 0 saturated heterocycles. The predicted molar refractivity (Wildman–Crippen MR) is 69.7 cm³/mol. The summed E-state index contributed by atoms with van der Waals surface area (Å²) in [5, 5.41) is 11.3. The average molecular weight is 263 g/mol. The molecule has 1 fully saturated rings. The highest BCUT2D eigenvalue weighted by Crippen LogP contribution is 2.37. The Morgan fingerprint density at radius 3 is 2.83 bits per heavy atom. The van der Waals surface area contributed by atoms with Gasteiger partial charge in [0.25, 0.3) is 0 Å². The first-order valence-electron chi connectivity index (χ1n) is 6.22. The molecular formula is C13H17N3OS. The van der Waals surface area contributed by atoms with Crippen molar-refractivity contribution >= 4 is 17.2 Å². The first-order valence-corrected chi connectivity index (χ1v) is 7.16. The maximum Gasteiger partial charge on any atom is 0.243 e. The van der Waals surface area contributed by atoms with E-state index in [9.17, 15) is 10.1 Å². The zero-order valence-electron chi connectivity index (χ0n) is 10.6. The van der Waals surface area contributed by atoms with Crippen molar-refractivity contribution in [3.8, 4) is 6.07 Å². The molecule has 0 unspecified atom stereocenters. The Kier molecular flexibility index (Phi) is 3.97. The first-order chi connectivity index (χ1) is 8.68. The fourth-order valence-corrected chi connectivity index (χ4v) is 3.07. The number of nitriles is 1. The molecule has 4 nitrogen and oxygen atoms in total. The number of thiazole rings is 1. The second-order valence-electron chi connectivity index (χ2n) is 4.90. The van der Waals surface area contributed by atoms with Crippen LogP contribution in [0.3, 0.4) is 0 Å². The highest BCUT2D eigenvalue weighted by atomic mass is 32.1. The Morgan fingerprint density at radius 1 is 1.56 bits per heavy atom. The van der Waals surface area contributed by atoms with Gasteiger partial charge in [0.1, 0.15) is 5.41 Å². The van der Waals surface area contributed by atoms with E-state index in [4.69, 9.17) is 0 Å². The topological polar surface area (TPSA) is 57.0 Å². The maximum atomic E-state index is 12.5. The van der Waals surface area contributed by atoms with Crippen LogP contribution >= 0.6 is 11.3 Å². The first kappa shape index (κ1) is 13.0. The van der Waals surface area contributed by atoms with Crippen LogP contribution < -0.4 is 0 Å². The fraction of sp³-hybridized carbons (Fsp3) is 0.615. The Labute approximate surface area is 111 Å². The second-order valence-corrected chi connectivity index (χ2v) is 5.61. The second kappa shape index (κ2) is 5.49. The summed E-state index contributed by atoms with van der Waals surface area (Å²) in [5.41, 5.74) is 1.86. The van der Waals surface area contributed by atoms with Gasteiger partial charge in [0.05, 0.1) is 23.8 Å². The summed E-state index contributed by atoms with van der Waals surface area (Å²) < 4.78 is 0. The van der Waals surface area contributed by atoms with Crippen LogP contribution in [-0.4, -0.2) is 22.8 Å². The van der Waals surface area contributed by atoms with E-state index < -0.39 is 5.41 Å². The number of carbonyl (C=O) groups excluding carboxylic acids is 1. The van der Waals surface area contributed by atoms with Gasteiger partial charge in [0, 0.05) is 12.4 Å². The van der Waals surface area contributed by atoms with Crippen LogP contribution in [0.1, 0.15) is 37.8 Å². The molecule has 1 aromatic rings. The lowest BCUT2D eigenvalue weighted by atomic mass is 9.74. The van der Waals surface area contributed by atoms with Crippen molar-refractivity contribution in [2.45, 2.75) is 38.6 Å². The van der Waals surface area contributed by atoms with Crippen molar-refractivity contribution in [3.05, 3.63) is 16.6 Å². The smallest absolute Gasteiger partial charge is 0.243 e. The van der Waals surface area contributed by atoms with Gasteiger partial charge in [-0.05, 0) is 12.8 Å². The van der Waals surface area contributed by atoms with Crippen molar-refractivity contribution in [2.24, 2.45) is 5.41 Å². The summed E-state index contributed by atoms with van der Waals surface area (Å²) in [6.45, 7) is 0.492. The average Bonchev–Trinajstić information content (AvgIpc) is 2.91. The Balaban J connectivity index is 2.07. The van der Waals surface area contributed by atoms with Crippen molar-refractivity contribution in [2.75, 3.05) is 7.05 Å². The molecule has 1 aliphatic rings. The molecule has 0 N–H and O–H groups in total. The highest BCUT2D eigenvalue weighted by Gasteiger charge is 2.41. The molecule has 0 radical (unpaired) electrons. The zero-order valence-corrected chi connectivity index (χ0v) is 11.4. The molecular weight excluding hydrogens is 246 g/mol. The third kappa shape index (κ3) is 2.54. The number of rotatable bonds is 3. The van der Waals surface area contributed by atoms with E-state index in [1.54, 1.807) is 17.5 Å². The molecule has 0 atom stereocenters. The Hall–Kier alpha value is -1.41. The number of hydrogen-bond acceptors (Lipinski definition) is 4. The largest absolute Gasteiger partial charge is 0.338 e. The Bertz CT molecular complexity index is 443. The van der Waals surface area contributed by atoms with Crippen molar-refractivity contribution < 1.29 is 4.79 Å². The lowest BCUT2D eigenvalue weighted by molar-refractivity contribution is -0.139. The van der Waals surface area contributed by atoms with Crippen LogP contribution in [0.15, 0.2) is 10.9 Å². The van der Waals surface area contributed by atoms with E-state index in [1.165, 1.54) is 11.3 Å². The maximum absolute atomic E-state index is 12.5. The minimum atomic E-state index is -0.789. The van der Waals surface area contributed by atoms with Crippen molar-refractivity contribution in [3.63, 3.8) is 0 Å². The van der Waals surface area contributed by atoms with Gasteiger partial charge in [-0.2, -0.15) is 5.26 Å². The van der Waals surface area contributed by atoms with E-state index in [0.717, 1.165) is 25.0 Å². The van der Waals surface area contributed by atoms with E-state index >= 15 is 0 Å². The molecule has 1 heterocycles. The van der Waals surface area contributed by atoms with Gasteiger partial charge in [-0.3, -0.25) is 4.79 Å². The minimum absolute atomic E-state index is 0.0438. The molecule has 1 amide bonds. The van der Waals surface area contributed by atoms with Gasteiger partial charge in [-0.15, -0.1) is 11.3 Å². The van der Waals surface area contributed by atoms with Crippen LogP contribution in [0.5, 0.6) is 0 Å².